The molecule has 1 aliphatic rings. The van der Waals surface area contributed by atoms with E-state index in [4.69, 9.17) is 14.2 Å². The Labute approximate surface area is 157 Å². The summed E-state index contributed by atoms with van der Waals surface area (Å²) in [5.41, 5.74) is 0. The number of carbonyl (C=O) groups excluding carboxylic acids is 2. The molecule has 1 atom stereocenters. The maximum absolute atomic E-state index is 11.3. The molecule has 1 fully saturated rings. The SMILES string of the molecule is COC(CCCCCCCCCCCCC1CC(=O)OC1=O)(OC)OC. The van der Waals surface area contributed by atoms with E-state index in [0.717, 1.165) is 38.5 Å². The number of cyclic esters (lactones) is 2. The Balaban J connectivity index is 1.86. The molecule has 152 valence electrons. The third-order valence-corrected chi connectivity index (χ3v) is 5.18. The van der Waals surface area contributed by atoms with Gasteiger partial charge in [-0.05, 0) is 12.8 Å². The summed E-state index contributed by atoms with van der Waals surface area (Å²) in [6, 6.07) is 0. The highest BCUT2D eigenvalue weighted by molar-refractivity contribution is 5.94. The van der Waals surface area contributed by atoms with Crippen LogP contribution in [0.25, 0.3) is 0 Å². The van der Waals surface area contributed by atoms with E-state index in [-0.39, 0.29) is 24.3 Å². The molecule has 0 bridgehead atoms. The van der Waals surface area contributed by atoms with E-state index >= 15 is 0 Å². The largest absolute Gasteiger partial charge is 0.393 e. The van der Waals surface area contributed by atoms with Crippen LogP contribution in [0.2, 0.25) is 0 Å². The maximum atomic E-state index is 11.3. The molecule has 1 heterocycles. The fourth-order valence-corrected chi connectivity index (χ4v) is 3.44. The number of methoxy groups -OCH3 is 3. The molecule has 26 heavy (non-hydrogen) atoms. The summed E-state index contributed by atoms with van der Waals surface area (Å²) >= 11 is 0. The smallest absolute Gasteiger partial charge is 0.317 e. The Morgan fingerprint density at radius 1 is 0.808 bits per heavy atom. The van der Waals surface area contributed by atoms with Gasteiger partial charge in [0.25, 0.3) is 5.97 Å². The Morgan fingerprint density at radius 2 is 1.27 bits per heavy atom. The Morgan fingerprint density at radius 3 is 1.69 bits per heavy atom. The molecule has 0 saturated carbocycles. The second kappa shape index (κ2) is 13.2. The van der Waals surface area contributed by atoms with Crippen LogP contribution >= 0.6 is 0 Å². The first-order chi connectivity index (χ1) is 12.6. The first-order valence-electron chi connectivity index (χ1n) is 9.97. The van der Waals surface area contributed by atoms with Gasteiger partial charge in [0.2, 0.25) is 0 Å². The molecule has 1 unspecified atom stereocenters. The van der Waals surface area contributed by atoms with Gasteiger partial charge in [-0.15, -0.1) is 0 Å². The summed E-state index contributed by atoms with van der Waals surface area (Å²) in [4.78, 5) is 22.3. The fraction of sp³-hybridized carbons (Fsp3) is 0.900. The molecule has 0 aromatic rings. The second-order valence-corrected chi connectivity index (χ2v) is 7.06. The van der Waals surface area contributed by atoms with Gasteiger partial charge < -0.3 is 18.9 Å². The molecular weight excluding hydrogens is 336 g/mol. The average Bonchev–Trinajstić information content (AvgIpc) is 2.97. The number of unbranched alkanes of at least 4 members (excludes halogenated alkanes) is 9. The van der Waals surface area contributed by atoms with Crippen LogP contribution in [0.3, 0.4) is 0 Å². The average molecular weight is 373 g/mol. The van der Waals surface area contributed by atoms with Crippen molar-refractivity contribution in [3.05, 3.63) is 0 Å². The summed E-state index contributed by atoms with van der Waals surface area (Å²) in [6.07, 6.45) is 13.6. The number of hydrogen-bond donors (Lipinski definition) is 0. The third kappa shape index (κ3) is 8.60. The van der Waals surface area contributed by atoms with E-state index in [0.29, 0.717) is 0 Å². The Bertz CT molecular complexity index is 397. The van der Waals surface area contributed by atoms with Crippen molar-refractivity contribution in [3.63, 3.8) is 0 Å². The highest BCUT2D eigenvalue weighted by Gasteiger charge is 2.32. The maximum Gasteiger partial charge on any atom is 0.317 e. The molecule has 0 radical (unpaired) electrons. The summed E-state index contributed by atoms with van der Waals surface area (Å²) in [7, 11) is 4.81. The molecule has 0 amide bonds. The molecule has 6 heteroatoms. The third-order valence-electron chi connectivity index (χ3n) is 5.18. The van der Waals surface area contributed by atoms with Gasteiger partial charge in [0.05, 0.1) is 12.3 Å². The number of ether oxygens (including phenoxy) is 4. The Kier molecular flexibility index (Phi) is 11.7. The lowest BCUT2D eigenvalue weighted by molar-refractivity contribution is -0.355. The van der Waals surface area contributed by atoms with Gasteiger partial charge in [-0.3, -0.25) is 9.59 Å². The topological polar surface area (TPSA) is 71.1 Å². The van der Waals surface area contributed by atoms with Crippen LogP contribution in [0.5, 0.6) is 0 Å². The normalized spacial score (nSPS) is 17.7. The highest BCUT2D eigenvalue weighted by Crippen LogP contribution is 2.23. The Hall–Kier alpha value is -0.980. The van der Waals surface area contributed by atoms with Crippen LogP contribution in [0, 0.1) is 5.92 Å². The number of carbonyl (C=O) groups is 2. The van der Waals surface area contributed by atoms with Crippen LogP contribution < -0.4 is 0 Å². The molecule has 0 aromatic carbocycles. The van der Waals surface area contributed by atoms with E-state index in [1.165, 1.54) is 38.5 Å². The minimum Gasteiger partial charge on any atom is -0.393 e. The van der Waals surface area contributed by atoms with Gasteiger partial charge in [0, 0.05) is 27.8 Å². The van der Waals surface area contributed by atoms with E-state index in [1.807, 2.05) is 0 Å². The zero-order chi connectivity index (χ0) is 19.3. The van der Waals surface area contributed by atoms with Gasteiger partial charge in [0.15, 0.2) is 0 Å². The van der Waals surface area contributed by atoms with Crippen LogP contribution in [0.15, 0.2) is 0 Å². The van der Waals surface area contributed by atoms with Crippen molar-refractivity contribution in [1.29, 1.82) is 0 Å². The molecular formula is C20H36O6. The summed E-state index contributed by atoms with van der Waals surface area (Å²) in [5, 5.41) is 0. The molecule has 0 spiro atoms. The van der Waals surface area contributed by atoms with E-state index in [9.17, 15) is 9.59 Å². The van der Waals surface area contributed by atoms with E-state index in [1.54, 1.807) is 21.3 Å². The zero-order valence-corrected chi connectivity index (χ0v) is 16.7. The van der Waals surface area contributed by atoms with Gasteiger partial charge in [-0.25, -0.2) is 0 Å². The highest BCUT2D eigenvalue weighted by atomic mass is 16.9. The van der Waals surface area contributed by atoms with Crippen LogP contribution in [0.1, 0.15) is 83.5 Å². The molecule has 1 rings (SSSR count). The van der Waals surface area contributed by atoms with Crippen molar-refractivity contribution in [2.24, 2.45) is 5.92 Å². The molecule has 0 aromatic heterocycles. The van der Waals surface area contributed by atoms with E-state index < -0.39 is 5.97 Å². The molecule has 0 N–H and O–H groups in total. The molecule has 6 nitrogen and oxygen atoms in total. The minimum atomic E-state index is -0.886. The van der Waals surface area contributed by atoms with Gasteiger partial charge in [0.1, 0.15) is 0 Å². The first-order valence-corrected chi connectivity index (χ1v) is 9.97. The fourth-order valence-electron chi connectivity index (χ4n) is 3.44. The van der Waals surface area contributed by atoms with E-state index in [2.05, 4.69) is 4.74 Å². The summed E-state index contributed by atoms with van der Waals surface area (Å²) in [5.74, 6) is -1.76. The van der Waals surface area contributed by atoms with Crippen LogP contribution in [-0.4, -0.2) is 39.2 Å². The van der Waals surface area contributed by atoms with Crippen molar-refractivity contribution in [1.82, 2.24) is 0 Å². The van der Waals surface area contributed by atoms with Crippen molar-refractivity contribution in [2.75, 3.05) is 21.3 Å². The molecule has 1 saturated heterocycles. The zero-order valence-electron chi connectivity index (χ0n) is 16.7. The number of esters is 2. The summed E-state index contributed by atoms with van der Waals surface area (Å²) < 4.78 is 20.4. The first kappa shape index (κ1) is 23.1. The predicted molar refractivity (Wildman–Crippen MR) is 98.4 cm³/mol. The standard InChI is InChI=1S/C20H36O6/c1-23-20(24-2,25-3)15-13-11-9-7-5-4-6-8-10-12-14-17-16-18(21)26-19(17)22/h17H,4-16H2,1-3H3. The lowest BCUT2D eigenvalue weighted by Crippen LogP contribution is -2.35. The quantitative estimate of drug-likeness (QED) is 0.174. The van der Waals surface area contributed by atoms with Crippen molar-refractivity contribution >= 4 is 11.9 Å². The summed E-state index contributed by atoms with van der Waals surface area (Å²) in [6.45, 7) is 0. The lowest BCUT2D eigenvalue weighted by atomic mass is 9.98. The number of hydrogen-bond acceptors (Lipinski definition) is 6. The number of rotatable bonds is 16. The predicted octanol–water partition coefficient (Wildman–Crippen LogP) is 4.35. The van der Waals surface area contributed by atoms with Crippen molar-refractivity contribution < 1.29 is 28.5 Å². The van der Waals surface area contributed by atoms with Gasteiger partial charge in [-0.2, -0.15) is 0 Å². The van der Waals surface area contributed by atoms with Crippen molar-refractivity contribution in [3.8, 4) is 0 Å². The molecule has 1 aliphatic heterocycles. The van der Waals surface area contributed by atoms with Crippen LogP contribution in [-0.2, 0) is 28.5 Å². The molecule has 0 aliphatic carbocycles. The monoisotopic (exact) mass is 372 g/mol. The van der Waals surface area contributed by atoms with Gasteiger partial charge >= 0.3 is 11.9 Å². The lowest BCUT2D eigenvalue weighted by Gasteiger charge is -2.28. The minimum absolute atomic E-state index is 0.185. The van der Waals surface area contributed by atoms with Gasteiger partial charge in [-0.1, -0.05) is 57.8 Å². The van der Waals surface area contributed by atoms with Crippen molar-refractivity contribution in [2.45, 2.75) is 89.4 Å². The second-order valence-electron chi connectivity index (χ2n) is 7.06. The van der Waals surface area contributed by atoms with Crippen LogP contribution in [0.4, 0.5) is 0 Å².